The summed E-state index contributed by atoms with van der Waals surface area (Å²) in [6.07, 6.45) is -0.402. The Morgan fingerprint density at radius 1 is 1.52 bits per heavy atom. The molecule has 1 saturated heterocycles. The molecule has 1 aliphatic heterocycles. The quantitative estimate of drug-likeness (QED) is 0.760. The molecular formula is C17H26BrN3O4. The fraction of sp³-hybridized carbons (Fsp3) is 0.647. The Kier molecular flexibility index (Phi) is 6.65. The fourth-order valence-electron chi connectivity index (χ4n) is 2.60. The van der Waals surface area contributed by atoms with Crippen molar-refractivity contribution >= 4 is 27.7 Å². The number of carbonyl (C=O) groups excluding carboxylic acids is 1. The second kappa shape index (κ2) is 8.33. The van der Waals surface area contributed by atoms with Gasteiger partial charge in [-0.2, -0.15) is 0 Å². The number of pyridine rings is 1. The summed E-state index contributed by atoms with van der Waals surface area (Å²) < 4.78 is 11.5. The van der Waals surface area contributed by atoms with E-state index in [0.717, 1.165) is 11.4 Å². The summed E-state index contributed by atoms with van der Waals surface area (Å²) in [6.45, 7) is 7.53. The van der Waals surface area contributed by atoms with Crippen LogP contribution in [0.4, 0.5) is 10.5 Å². The maximum Gasteiger partial charge on any atom is 0.410 e. The minimum absolute atomic E-state index is 0.00257. The molecule has 0 aliphatic carbocycles. The number of hydrogen-bond donors (Lipinski definition) is 1. The Morgan fingerprint density at radius 2 is 2.24 bits per heavy atom. The van der Waals surface area contributed by atoms with Crippen LogP contribution in [0.2, 0.25) is 0 Å². The maximum atomic E-state index is 12.2. The lowest BCUT2D eigenvalue weighted by Gasteiger charge is -2.37. The van der Waals surface area contributed by atoms with Crippen LogP contribution in [0.15, 0.2) is 16.7 Å². The summed E-state index contributed by atoms with van der Waals surface area (Å²) in [7, 11) is 1.68. The van der Waals surface area contributed by atoms with Crippen LogP contribution in [0, 0.1) is 0 Å². The van der Waals surface area contributed by atoms with Gasteiger partial charge in [-0.3, -0.25) is 0 Å². The Hall–Kier alpha value is -1.38. The van der Waals surface area contributed by atoms with Crippen molar-refractivity contribution < 1.29 is 19.4 Å². The van der Waals surface area contributed by atoms with Gasteiger partial charge in [-0.15, -0.1) is 0 Å². The largest absolute Gasteiger partial charge is 0.444 e. The number of rotatable bonds is 4. The van der Waals surface area contributed by atoms with E-state index in [0.29, 0.717) is 30.9 Å². The van der Waals surface area contributed by atoms with Crippen molar-refractivity contribution in [2.75, 3.05) is 38.3 Å². The number of aromatic nitrogens is 1. The van der Waals surface area contributed by atoms with Crippen LogP contribution < -0.4 is 4.90 Å². The van der Waals surface area contributed by atoms with Gasteiger partial charge in [-0.05, 0) is 48.8 Å². The predicted octanol–water partition coefficient (Wildman–Crippen LogP) is 2.41. The molecule has 1 N–H and O–H groups in total. The smallest absolute Gasteiger partial charge is 0.410 e. The highest BCUT2D eigenvalue weighted by Gasteiger charge is 2.27. The summed E-state index contributed by atoms with van der Waals surface area (Å²) in [5.41, 5.74) is 1.08. The van der Waals surface area contributed by atoms with Crippen molar-refractivity contribution in [2.45, 2.75) is 39.0 Å². The Labute approximate surface area is 157 Å². The minimum atomic E-state index is -0.551. The van der Waals surface area contributed by atoms with Gasteiger partial charge in [-0.25, -0.2) is 9.78 Å². The number of amides is 1. The van der Waals surface area contributed by atoms with Gasteiger partial charge in [-0.1, -0.05) is 0 Å². The molecule has 8 heteroatoms. The average molecular weight is 416 g/mol. The number of carbonyl (C=O) groups is 1. The average Bonchev–Trinajstić information content (AvgIpc) is 2.53. The first-order valence-corrected chi connectivity index (χ1v) is 9.05. The SMILES string of the molecule is CN(Cc1nc(Br)ccc1N1CCOCC1CO)C(=O)OC(C)(C)C. The topological polar surface area (TPSA) is 75.1 Å². The summed E-state index contributed by atoms with van der Waals surface area (Å²) in [4.78, 5) is 20.4. The van der Waals surface area contributed by atoms with Crippen molar-refractivity contribution in [3.05, 3.63) is 22.4 Å². The van der Waals surface area contributed by atoms with Crippen LogP contribution in [-0.2, 0) is 16.0 Å². The number of nitrogens with zero attached hydrogens (tertiary/aromatic N) is 3. The van der Waals surface area contributed by atoms with E-state index in [4.69, 9.17) is 9.47 Å². The molecule has 0 spiro atoms. The third-order valence-corrected chi connectivity index (χ3v) is 4.20. The van der Waals surface area contributed by atoms with Gasteiger partial charge in [0.05, 0.1) is 43.8 Å². The van der Waals surface area contributed by atoms with Gasteiger partial charge in [0.25, 0.3) is 0 Å². The monoisotopic (exact) mass is 415 g/mol. The van der Waals surface area contributed by atoms with E-state index in [1.165, 1.54) is 4.90 Å². The van der Waals surface area contributed by atoms with Crippen LogP contribution in [-0.4, -0.2) is 66.1 Å². The van der Waals surface area contributed by atoms with Crippen molar-refractivity contribution in [3.8, 4) is 0 Å². The molecule has 1 aromatic heterocycles. The van der Waals surface area contributed by atoms with Crippen molar-refractivity contribution in [1.29, 1.82) is 0 Å². The first kappa shape index (κ1) is 19.9. The summed E-state index contributed by atoms with van der Waals surface area (Å²) in [5.74, 6) is 0. The number of anilines is 1. The van der Waals surface area contributed by atoms with Gasteiger partial charge in [0.15, 0.2) is 0 Å². The molecule has 0 radical (unpaired) electrons. The predicted molar refractivity (Wildman–Crippen MR) is 98.7 cm³/mol. The first-order chi connectivity index (χ1) is 11.7. The normalized spacial score (nSPS) is 18.2. The second-order valence-corrected chi connectivity index (χ2v) is 7.85. The molecule has 1 fully saturated rings. The molecule has 2 heterocycles. The summed E-state index contributed by atoms with van der Waals surface area (Å²) >= 11 is 3.39. The molecule has 1 aromatic rings. The zero-order valence-electron chi connectivity index (χ0n) is 15.2. The highest BCUT2D eigenvalue weighted by atomic mass is 79.9. The van der Waals surface area contributed by atoms with E-state index >= 15 is 0 Å². The maximum absolute atomic E-state index is 12.2. The number of ether oxygens (including phenoxy) is 2. The highest BCUT2D eigenvalue weighted by Crippen LogP contribution is 2.26. The van der Waals surface area contributed by atoms with Crippen molar-refractivity contribution in [1.82, 2.24) is 9.88 Å². The van der Waals surface area contributed by atoms with E-state index in [1.54, 1.807) is 7.05 Å². The Morgan fingerprint density at radius 3 is 2.88 bits per heavy atom. The van der Waals surface area contributed by atoms with Gasteiger partial charge < -0.3 is 24.4 Å². The van der Waals surface area contributed by atoms with E-state index < -0.39 is 11.7 Å². The van der Waals surface area contributed by atoms with Gasteiger partial charge in [0, 0.05) is 13.6 Å². The Bertz CT molecular complexity index is 606. The molecule has 0 aromatic carbocycles. The van der Waals surface area contributed by atoms with Crippen LogP contribution in [0.1, 0.15) is 26.5 Å². The number of hydrogen-bond acceptors (Lipinski definition) is 6. The molecule has 1 unspecified atom stereocenters. The number of aliphatic hydroxyl groups is 1. The van der Waals surface area contributed by atoms with Gasteiger partial charge in [0.2, 0.25) is 0 Å². The molecule has 7 nitrogen and oxygen atoms in total. The summed E-state index contributed by atoms with van der Waals surface area (Å²) in [5, 5.41) is 9.63. The van der Waals surface area contributed by atoms with Crippen molar-refractivity contribution in [2.24, 2.45) is 0 Å². The molecule has 1 atom stereocenters. The molecule has 1 aliphatic rings. The molecule has 1 amide bonds. The van der Waals surface area contributed by atoms with Gasteiger partial charge in [0.1, 0.15) is 10.2 Å². The van der Waals surface area contributed by atoms with Crippen molar-refractivity contribution in [3.63, 3.8) is 0 Å². The minimum Gasteiger partial charge on any atom is -0.444 e. The zero-order valence-corrected chi connectivity index (χ0v) is 16.7. The fourth-order valence-corrected chi connectivity index (χ4v) is 2.94. The standard InChI is InChI=1S/C17H26BrN3O4/c1-17(2,3)25-16(23)20(4)9-13-14(5-6-15(18)19-13)21-7-8-24-11-12(21)10-22/h5-6,12,22H,7-11H2,1-4H3. The number of morpholine rings is 1. The first-order valence-electron chi connectivity index (χ1n) is 8.26. The third-order valence-electron chi connectivity index (χ3n) is 3.76. The van der Waals surface area contributed by atoms with Crippen LogP contribution in [0.25, 0.3) is 0 Å². The van der Waals surface area contributed by atoms with E-state index in [9.17, 15) is 9.90 Å². The molecule has 25 heavy (non-hydrogen) atoms. The lowest BCUT2D eigenvalue weighted by Crippen LogP contribution is -2.48. The van der Waals surface area contributed by atoms with Crippen LogP contribution in [0.3, 0.4) is 0 Å². The molecular weight excluding hydrogens is 390 g/mol. The molecule has 2 rings (SSSR count). The molecule has 140 valence electrons. The highest BCUT2D eigenvalue weighted by molar-refractivity contribution is 9.10. The number of halogens is 1. The Balaban J connectivity index is 2.22. The van der Waals surface area contributed by atoms with E-state index in [1.807, 2.05) is 32.9 Å². The lowest BCUT2D eigenvalue weighted by atomic mass is 10.1. The lowest BCUT2D eigenvalue weighted by molar-refractivity contribution is 0.0282. The zero-order chi connectivity index (χ0) is 18.6. The second-order valence-electron chi connectivity index (χ2n) is 7.04. The summed E-state index contributed by atoms with van der Waals surface area (Å²) in [6, 6.07) is 3.68. The molecule has 0 bridgehead atoms. The van der Waals surface area contributed by atoms with E-state index in [2.05, 4.69) is 25.8 Å². The van der Waals surface area contributed by atoms with E-state index in [-0.39, 0.29) is 12.6 Å². The van der Waals surface area contributed by atoms with Gasteiger partial charge >= 0.3 is 6.09 Å². The molecule has 0 saturated carbocycles. The van der Waals surface area contributed by atoms with Crippen LogP contribution in [0.5, 0.6) is 0 Å². The number of aliphatic hydroxyl groups excluding tert-OH is 1. The third kappa shape index (κ3) is 5.55. The van der Waals surface area contributed by atoms with Crippen LogP contribution >= 0.6 is 15.9 Å².